The number of hydrogen-bond acceptors (Lipinski definition) is 6. The Bertz CT molecular complexity index is 1390. The molecular weight excluding hydrogens is 450 g/mol. The molecule has 0 atom stereocenters. The van der Waals surface area contributed by atoms with Crippen LogP contribution in [0.15, 0.2) is 55.1 Å². The standard InChI is InChI=1S/C28H33N7O/c1-19(36)20-4-6-23(7-5-20)33-8-10-34(11-9-33)28-14-27-25(16-30-28)26(21-15-31-32(3)17-21)18-35(27)24-12-22(13-24)29-2/h4-7,14-18,22,24,29H,8-13H2,1-3H3/t22-,24-. The predicted molar refractivity (Wildman–Crippen MR) is 144 cm³/mol. The first kappa shape index (κ1) is 22.8. The lowest BCUT2D eigenvalue weighted by Crippen LogP contribution is -2.46. The molecule has 6 rings (SSSR count). The van der Waals surface area contributed by atoms with Crippen LogP contribution in [0.3, 0.4) is 0 Å². The van der Waals surface area contributed by atoms with Gasteiger partial charge in [-0.25, -0.2) is 4.98 Å². The molecule has 1 saturated heterocycles. The minimum absolute atomic E-state index is 0.104. The van der Waals surface area contributed by atoms with Crippen molar-refractivity contribution in [3.05, 3.63) is 60.7 Å². The Morgan fingerprint density at radius 1 is 1.00 bits per heavy atom. The summed E-state index contributed by atoms with van der Waals surface area (Å²) >= 11 is 0. The summed E-state index contributed by atoms with van der Waals surface area (Å²) in [6, 6.07) is 11.3. The third-order valence-electron chi connectivity index (χ3n) is 7.88. The average Bonchev–Trinajstić information content (AvgIpc) is 3.47. The van der Waals surface area contributed by atoms with Gasteiger partial charge in [-0.15, -0.1) is 0 Å². The zero-order valence-corrected chi connectivity index (χ0v) is 21.2. The van der Waals surface area contributed by atoms with E-state index in [-0.39, 0.29) is 5.78 Å². The molecule has 4 aromatic rings. The van der Waals surface area contributed by atoms with E-state index < -0.39 is 0 Å². The van der Waals surface area contributed by atoms with Gasteiger partial charge < -0.3 is 19.7 Å². The summed E-state index contributed by atoms with van der Waals surface area (Å²) in [7, 11) is 4.01. The van der Waals surface area contributed by atoms with Crippen LogP contribution in [0, 0.1) is 0 Å². The van der Waals surface area contributed by atoms with Crippen LogP contribution in [0.25, 0.3) is 22.0 Å². The minimum Gasteiger partial charge on any atom is -0.368 e. The van der Waals surface area contributed by atoms with Crippen LogP contribution in [0.5, 0.6) is 0 Å². The first-order valence-corrected chi connectivity index (χ1v) is 12.8. The SMILES string of the molecule is CN[C@H]1C[C@H](n2cc(-c3cnn(C)c3)c3cnc(N4CCN(c5ccc(C(C)=O)cc5)CC4)cc32)C1. The van der Waals surface area contributed by atoms with Gasteiger partial charge in [0.25, 0.3) is 0 Å². The molecular formula is C28H33N7O. The number of rotatable bonds is 6. The molecule has 1 aliphatic heterocycles. The van der Waals surface area contributed by atoms with E-state index in [1.807, 2.05) is 36.3 Å². The number of hydrogen-bond donors (Lipinski definition) is 1. The Hall–Kier alpha value is -3.65. The van der Waals surface area contributed by atoms with E-state index in [4.69, 9.17) is 4.98 Å². The zero-order valence-electron chi connectivity index (χ0n) is 21.2. The summed E-state index contributed by atoms with van der Waals surface area (Å²) in [6.45, 7) is 5.28. The van der Waals surface area contributed by atoms with E-state index in [0.717, 1.165) is 56.0 Å². The number of aryl methyl sites for hydroxylation is 1. The fraction of sp³-hybridized carbons (Fsp3) is 0.393. The maximum absolute atomic E-state index is 11.6. The molecule has 0 radical (unpaired) electrons. The molecule has 0 spiro atoms. The molecule has 4 heterocycles. The predicted octanol–water partition coefficient (Wildman–Crippen LogP) is 3.89. The number of fused-ring (bicyclic) bond motifs is 1. The largest absolute Gasteiger partial charge is 0.368 e. The first-order chi connectivity index (χ1) is 17.5. The molecule has 0 bridgehead atoms. The van der Waals surface area contributed by atoms with Gasteiger partial charge in [-0.3, -0.25) is 9.48 Å². The topological polar surface area (TPSA) is 71.2 Å². The van der Waals surface area contributed by atoms with E-state index in [2.05, 4.69) is 62.4 Å². The fourth-order valence-corrected chi connectivity index (χ4v) is 5.55. The molecule has 8 nitrogen and oxygen atoms in total. The smallest absolute Gasteiger partial charge is 0.159 e. The molecule has 1 aliphatic carbocycles. The van der Waals surface area contributed by atoms with Crippen LogP contribution in [0.4, 0.5) is 11.5 Å². The normalized spacial score (nSPS) is 20.1. The zero-order chi connectivity index (χ0) is 24.8. The third kappa shape index (κ3) is 4.05. The highest BCUT2D eigenvalue weighted by Gasteiger charge is 2.31. The Labute approximate surface area is 211 Å². The lowest BCUT2D eigenvalue weighted by atomic mass is 9.86. The number of pyridine rings is 1. The Balaban J connectivity index is 1.25. The highest BCUT2D eigenvalue weighted by atomic mass is 16.1. The number of aromatic nitrogens is 4. The number of piperazine rings is 1. The molecule has 8 heteroatoms. The van der Waals surface area contributed by atoms with Crippen LogP contribution < -0.4 is 15.1 Å². The van der Waals surface area contributed by atoms with Crippen molar-refractivity contribution < 1.29 is 4.79 Å². The molecule has 0 amide bonds. The van der Waals surface area contributed by atoms with Crippen molar-refractivity contribution in [2.45, 2.75) is 31.8 Å². The van der Waals surface area contributed by atoms with Crippen molar-refractivity contribution in [1.29, 1.82) is 0 Å². The molecule has 3 aromatic heterocycles. The number of Topliss-reactive ketones (excluding diaryl/α,β-unsaturated/α-hetero) is 1. The van der Waals surface area contributed by atoms with Crippen LogP contribution >= 0.6 is 0 Å². The molecule has 2 aliphatic rings. The second kappa shape index (κ2) is 9.09. The number of carbonyl (C=O) groups excluding carboxylic acids is 1. The van der Waals surface area contributed by atoms with Crippen molar-refractivity contribution in [1.82, 2.24) is 24.6 Å². The van der Waals surface area contributed by atoms with Crippen molar-refractivity contribution >= 4 is 28.2 Å². The summed E-state index contributed by atoms with van der Waals surface area (Å²) in [6.07, 6.45) is 10.6. The maximum Gasteiger partial charge on any atom is 0.159 e. The van der Waals surface area contributed by atoms with Gasteiger partial charge in [0.15, 0.2) is 5.78 Å². The summed E-state index contributed by atoms with van der Waals surface area (Å²) in [5, 5.41) is 8.99. The average molecular weight is 484 g/mol. The van der Waals surface area contributed by atoms with E-state index in [1.165, 1.54) is 22.2 Å². The van der Waals surface area contributed by atoms with Gasteiger partial charge >= 0.3 is 0 Å². The number of ketones is 1. The van der Waals surface area contributed by atoms with Crippen molar-refractivity contribution in [2.75, 3.05) is 43.0 Å². The van der Waals surface area contributed by atoms with E-state index >= 15 is 0 Å². The van der Waals surface area contributed by atoms with Crippen LogP contribution in [-0.4, -0.2) is 64.4 Å². The first-order valence-electron chi connectivity index (χ1n) is 12.8. The molecule has 2 fully saturated rings. The van der Waals surface area contributed by atoms with Crippen molar-refractivity contribution in [3.63, 3.8) is 0 Å². The Morgan fingerprint density at radius 2 is 1.72 bits per heavy atom. The van der Waals surface area contributed by atoms with Gasteiger partial charge in [0.05, 0.1) is 11.7 Å². The van der Waals surface area contributed by atoms with Gasteiger partial charge in [-0.2, -0.15) is 5.10 Å². The third-order valence-corrected chi connectivity index (χ3v) is 7.88. The Kier molecular flexibility index (Phi) is 5.76. The van der Waals surface area contributed by atoms with E-state index in [0.29, 0.717) is 12.1 Å². The number of anilines is 2. The van der Waals surface area contributed by atoms with Gasteiger partial charge in [0.2, 0.25) is 0 Å². The van der Waals surface area contributed by atoms with E-state index in [9.17, 15) is 4.79 Å². The number of nitrogens with zero attached hydrogens (tertiary/aromatic N) is 6. The monoisotopic (exact) mass is 483 g/mol. The molecule has 36 heavy (non-hydrogen) atoms. The summed E-state index contributed by atoms with van der Waals surface area (Å²) < 4.78 is 4.32. The van der Waals surface area contributed by atoms with Crippen LogP contribution in [-0.2, 0) is 7.05 Å². The molecule has 1 aromatic carbocycles. The van der Waals surface area contributed by atoms with Gasteiger partial charge in [-0.05, 0) is 51.1 Å². The molecule has 0 unspecified atom stereocenters. The lowest BCUT2D eigenvalue weighted by molar-refractivity contribution is 0.101. The highest BCUT2D eigenvalue weighted by molar-refractivity contribution is 5.96. The number of nitrogens with one attached hydrogen (secondary N) is 1. The summed E-state index contributed by atoms with van der Waals surface area (Å²) in [5.41, 5.74) is 5.51. The summed E-state index contributed by atoms with van der Waals surface area (Å²) in [5.74, 6) is 1.14. The van der Waals surface area contributed by atoms with Gasteiger partial charge in [0, 0.05) is 97.7 Å². The number of carbonyl (C=O) groups is 1. The maximum atomic E-state index is 11.6. The van der Waals surface area contributed by atoms with Crippen LogP contribution in [0.1, 0.15) is 36.2 Å². The highest BCUT2D eigenvalue weighted by Crippen LogP contribution is 2.40. The van der Waals surface area contributed by atoms with Crippen LogP contribution in [0.2, 0.25) is 0 Å². The van der Waals surface area contributed by atoms with Gasteiger partial charge in [-0.1, -0.05) is 0 Å². The van der Waals surface area contributed by atoms with Gasteiger partial charge in [0.1, 0.15) is 5.82 Å². The molecule has 1 N–H and O–H groups in total. The second-order valence-electron chi connectivity index (χ2n) is 10.1. The Morgan fingerprint density at radius 3 is 2.36 bits per heavy atom. The van der Waals surface area contributed by atoms with Crippen molar-refractivity contribution in [2.24, 2.45) is 7.05 Å². The van der Waals surface area contributed by atoms with Crippen molar-refractivity contribution in [3.8, 4) is 11.1 Å². The number of benzene rings is 1. The van der Waals surface area contributed by atoms with E-state index in [1.54, 1.807) is 6.92 Å². The molecule has 1 saturated carbocycles. The fourth-order valence-electron chi connectivity index (χ4n) is 5.55. The lowest BCUT2D eigenvalue weighted by Gasteiger charge is -2.37. The molecule has 186 valence electrons. The second-order valence-corrected chi connectivity index (χ2v) is 10.1. The minimum atomic E-state index is 0.104. The quantitative estimate of drug-likeness (QED) is 0.420. The summed E-state index contributed by atoms with van der Waals surface area (Å²) in [4.78, 5) is 21.3.